The van der Waals surface area contributed by atoms with Crippen LogP contribution < -0.4 is 10.1 Å². The van der Waals surface area contributed by atoms with E-state index < -0.39 is 29.7 Å². The van der Waals surface area contributed by atoms with Crippen LogP contribution in [0.2, 0.25) is 4.34 Å². The molecule has 0 bridgehead atoms. The van der Waals surface area contributed by atoms with E-state index >= 15 is 0 Å². The van der Waals surface area contributed by atoms with Crippen molar-refractivity contribution in [2.45, 2.75) is 43.9 Å². The SMILES string of the molecule is O=C(N[C@H](CN1CCCC1)[C@H](O)c1ccc(OC2CC2)c(F)c1)C(=O)c1ccc(-c2ccc(Cl)s2)s1. The van der Waals surface area contributed by atoms with Gasteiger partial charge in [-0.25, -0.2) is 4.39 Å². The zero-order chi connectivity index (χ0) is 25.2. The molecule has 2 atom stereocenters. The Balaban J connectivity index is 1.31. The lowest BCUT2D eigenvalue weighted by Gasteiger charge is -2.28. The number of rotatable bonds is 10. The van der Waals surface area contributed by atoms with Crippen LogP contribution in [-0.2, 0) is 4.79 Å². The van der Waals surface area contributed by atoms with Gasteiger partial charge >= 0.3 is 0 Å². The van der Waals surface area contributed by atoms with Gasteiger partial charge < -0.3 is 20.1 Å². The molecule has 10 heteroatoms. The number of carbonyl (C=O) groups is 2. The predicted octanol–water partition coefficient (Wildman–Crippen LogP) is 5.31. The second-order valence-electron chi connectivity index (χ2n) is 9.14. The summed E-state index contributed by atoms with van der Waals surface area (Å²) in [5.74, 6) is -1.87. The van der Waals surface area contributed by atoms with Gasteiger partial charge in [0.15, 0.2) is 11.6 Å². The molecule has 5 rings (SSSR count). The van der Waals surface area contributed by atoms with Gasteiger partial charge in [0.25, 0.3) is 11.7 Å². The number of nitrogens with one attached hydrogen (secondary N) is 1. The van der Waals surface area contributed by atoms with Gasteiger partial charge in [0.1, 0.15) is 6.10 Å². The van der Waals surface area contributed by atoms with Crippen LogP contribution >= 0.6 is 34.3 Å². The average Bonchev–Trinajstić information content (AvgIpc) is 3.25. The number of hydrogen-bond donors (Lipinski definition) is 2. The molecule has 1 saturated heterocycles. The summed E-state index contributed by atoms with van der Waals surface area (Å²) in [6, 6.07) is 10.6. The number of hydrogen-bond acceptors (Lipinski definition) is 7. The zero-order valence-electron chi connectivity index (χ0n) is 19.4. The fourth-order valence-electron chi connectivity index (χ4n) is 4.25. The normalized spacial score (nSPS) is 17.6. The minimum Gasteiger partial charge on any atom is -0.487 e. The Morgan fingerprint density at radius 1 is 1.11 bits per heavy atom. The fourth-order valence-corrected chi connectivity index (χ4v) is 6.32. The molecule has 2 aliphatic rings. The Hall–Kier alpha value is -2.30. The van der Waals surface area contributed by atoms with Crippen LogP contribution in [0, 0.1) is 5.82 Å². The van der Waals surface area contributed by atoms with Gasteiger partial charge in [-0.3, -0.25) is 9.59 Å². The molecule has 0 radical (unpaired) electrons. The van der Waals surface area contributed by atoms with Gasteiger partial charge in [0.2, 0.25) is 0 Å². The van der Waals surface area contributed by atoms with Crippen molar-refractivity contribution in [2.24, 2.45) is 0 Å². The van der Waals surface area contributed by atoms with E-state index in [1.165, 1.54) is 34.8 Å². The Labute approximate surface area is 221 Å². The van der Waals surface area contributed by atoms with Crippen LogP contribution in [-0.4, -0.2) is 53.5 Å². The van der Waals surface area contributed by atoms with Crippen molar-refractivity contribution in [2.75, 3.05) is 19.6 Å². The number of nitrogens with zero attached hydrogens (tertiary/aromatic N) is 1. The first-order valence-electron chi connectivity index (χ1n) is 11.9. The number of benzene rings is 1. The van der Waals surface area contributed by atoms with Crippen molar-refractivity contribution < 1.29 is 23.8 Å². The molecule has 3 aromatic rings. The molecule has 1 saturated carbocycles. The maximum Gasteiger partial charge on any atom is 0.293 e. The monoisotopic (exact) mass is 548 g/mol. The molecule has 1 aromatic carbocycles. The molecule has 6 nitrogen and oxygen atoms in total. The van der Waals surface area contributed by atoms with Gasteiger partial charge in [-0.15, -0.1) is 22.7 Å². The molecule has 1 aliphatic heterocycles. The molecule has 2 aromatic heterocycles. The fraction of sp³-hybridized carbons (Fsp3) is 0.385. The second-order valence-corrected chi connectivity index (χ2v) is 11.9. The Bertz CT molecular complexity index is 1250. The molecule has 0 spiro atoms. The number of aliphatic hydroxyl groups is 1. The lowest BCUT2D eigenvalue weighted by atomic mass is 10.0. The first-order valence-corrected chi connectivity index (χ1v) is 14.0. The van der Waals surface area contributed by atoms with E-state index in [1.807, 2.05) is 6.07 Å². The van der Waals surface area contributed by atoms with Gasteiger partial charge in [0, 0.05) is 16.3 Å². The molecule has 3 heterocycles. The number of aliphatic hydroxyl groups excluding tert-OH is 1. The van der Waals surface area contributed by atoms with Crippen LogP contribution in [0.3, 0.4) is 0 Å². The quantitative estimate of drug-likeness (QED) is 0.265. The lowest BCUT2D eigenvalue weighted by Crippen LogP contribution is -2.48. The highest BCUT2D eigenvalue weighted by atomic mass is 35.5. The van der Waals surface area contributed by atoms with E-state index in [4.69, 9.17) is 16.3 Å². The second kappa shape index (κ2) is 11.0. The van der Waals surface area contributed by atoms with Crippen molar-refractivity contribution in [3.8, 4) is 15.5 Å². The number of ether oxygens (including phenoxy) is 1. The number of likely N-dealkylation sites (tertiary alicyclic amines) is 1. The van der Waals surface area contributed by atoms with Crippen LogP contribution in [0.4, 0.5) is 4.39 Å². The predicted molar refractivity (Wildman–Crippen MR) is 140 cm³/mol. The third-order valence-electron chi connectivity index (χ3n) is 6.32. The molecule has 1 amide bonds. The van der Waals surface area contributed by atoms with Crippen LogP contribution in [0.1, 0.15) is 47.0 Å². The highest BCUT2D eigenvalue weighted by Gasteiger charge is 2.31. The lowest BCUT2D eigenvalue weighted by molar-refractivity contribution is -0.118. The summed E-state index contributed by atoms with van der Waals surface area (Å²) >= 11 is 8.63. The van der Waals surface area contributed by atoms with E-state index in [0.717, 1.165) is 48.5 Å². The van der Waals surface area contributed by atoms with Gasteiger partial charge in [0.05, 0.1) is 21.4 Å². The number of amides is 1. The smallest absolute Gasteiger partial charge is 0.293 e. The van der Waals surface area contributed by atoms with E-state index in [1.54, 1.807) is 24.3 Å². The average molecular weight is 549 g/mol. The van der Waals surface area contributed by atoms with Gasteiger partial charge in [-0.2, -0.15) is 0 Å². The number of halogens is 2. The van der Waals surface area contributed by atoms with Crippen molar-refractivity contribution >= 4 is 46.0 Å². The number of thiophene rings is 2. The molecule has 0 unspecified atom stereocenters. The molecule has 2 N–H and O–H groups in total. The van der Waals surface area contributed by atoms with E-state index in [0.29, 0.717) is 21.3 Å². The van der Waals surface area contributed by atoms with E-state index in [9.17, 15) is 19.1 Å². The van der Waals surface area contributed by atoms with Crippen molar-refractivity contribution in [1.82, 2.24) is 10.2 Å². The van der Waals surface area contributed by atoms with Gasteiger partial charge in [-0.05, 0) is 80.7 Å². The number of carbonyl (C=O) groups excluding carboxylic acids is 2. The third kappa shape index (κ3) is 5.98. The van der Waals surface area contributed by atoms with Crippen molar-refractivity contribution in [3.63, 3.8) is 0 Å². The molecule has 190 valence electrons. The van der Waals surface area contributed by atoms with E-state index in [2.05, 4.69) is 10.2 Å². The van der Waals surface area contributed by atoms with Gasteiger partial charge in [-0.1, -0.05) is 17.7 Å². The molecule has 2 fully saturated rings. The Morgan fingerprint density at radius 2 is 1.83 bits per heavy atom. The standard InChI is InChI=1S/C26H26ClFN2O4S2/c27-23-10-9-21(36-23)20-7-8-22(35-20)25(32)26(33)29-18(14-30-11-1-2-12-30)24(31)15-3-6-19(17(28)13-15)34-16-4-5-16/h3,6-10,13,16,18,24,31H,1-2,4-5,11-12,14H2,(H,29,33)/t18-,24-/m1/s1. The zero-order valence-corrected chi connectivity index (χ0v) is 21.8. The first-order chi connectivity index (χ1) is 17.4. The molecule has 1 aliphatic carbocycles. The van der Waals surface area contributed by atoms with Crippen LogP contribution in [0.5, 0.6) is 5.75 Å². The highest BCUT2D eigenvalue weighted by Crippen LogP contribution is 2.36. The van der Waals surface area contributed by atoms with Crippen molar-refractivity contribution in [1.29, 1.82) is 0 Å². The summed E-state index contributed by atoms with van der Waals surface area (Å²) in [6.45, 7) is 2.03. The number of Topliss-reactive ketones (excluding diaryl/α,β-unsaturated/α-hetero) is 1. The summed E-state index contributed by atoms with van der Waals surface area (Å²) in [5.41, 5.74) is 0.320. The Kier molecular flexibility index (Phi) is 7.73. The minimum absolute atomic E-state index is 0.0538. The largest absolute Gasteiger partial charge is 0.487 e. The summed E-state index contributed by atoms with van der Waals surface area (Å²) in [5, 5.41) is 13.9. The summed E-state index contributed by atoms with van der Waals surface area (Å²) in [6.07, 6.45) is 2.74. The first kappa shape index (κ1) is 25.4. The topological polar surface area (TPSA) is 78.9 Å². The Morgan fingerprint density at radius 3 is 2.50 bits per heavy atom. The highest BCUT2D eigenvalue weighted by molar-refractivity contribution is 7.25. The minimum atomic E-state index is -1.20. The number of ketones is 1. The van der Waals surface area contributed by atoms with Crippen molar-refractivity contribution in [3.05, 3.63) is 63.1 Å². The molecule has 36 heavy (non-hydrogen) atoms. The summed E-state index contributed by atoms with van der Waals surface area (Å²) in [7, 11) is 0. The summed E-state index contributed by atoms with van der Waals surface area (Å²) < 4.78 is 20.8. The van der Waals surface area contributed by atoms with Crippen LogP contribution in [0.25, 0.3) is 9.75 Å². The maximum atomic E-state index is 14.6. The van der Waals surface area contributed by atoms with E-state index in [-0.39, 0.29) is 11.9 Å². The maximum absolute atomic E-state index is 14.6. The molecular weight excluding hydrogens is 523 g/mol. The third-order valence-corrected chi connectivity index (χ3v) is 8.83. The van der Waals surface area contributed by atoms with Crippen LogP contribution in [0.15, 0.2) is 42.5 Å². The molecular formula is C26H26ClFN2O4S2. The summed E-state index contributed by atoms with van der Waals surface area (Å²) in [4.78, 5) is 30.1.